The van der Waals surface area contributed by atoms with Gasteiger partial charge in [-0.15, -0.1) is 0 Å². The van der Waals surface area contributed by atoms with Gasteiger partial charge in [0.15, 0.2) is 0 Å². The van der Waals surface area contributed by atoms with Gasteiger partial charge in [0, 0.05) is 23.6 Å². The molecule has 0 radical (unpaired) electrons. The molecule has 4 aromatic carbocycles. The Kier molecular flexibility index (Phi) is 8.54. The van der Waals surface area contributed by atoms with Gasteiger partial charge >= 0.3 is 0 Å². The van der Waals surface area contributed by atoms with Crippen LogP contribution in [0.2, 0.25) is 0 Å². The van der Waals surface area contributed by atoms with Gasteiger partial charge in [-0.25, -0.2) is 4.98 Å². The number of benzene rings is 4. The van der Waals surface area contributed by atoms with Crippen LogP contribution in [0, 0.1) is 6.92 Å². The highest BCUT2D eigenvalue weighted by molar-refractivity contribution is 5.67. The Morgan fingerprint density at radius 2 is 1.46 bits per heavy atom. The molecular weight excluding hydrogens is 482 g/mol. The van der Waals surface area contributed by atoms with E-state index in [2.05, 4.69) is 67.6 Å². The molecule has 0 unspecified atom stereocenters. The van der Waals surface area contributed by atoms with Crippen LogP contribution < -0.4 is 9.47 Å². The summed E-state index contributed by atoms with van der Waals surface area (Å²) in [6, 6.07) is 34.8. The van der Waals surface area contributed by atoms with Gasteiger partial charge in [0.1, 0.15) is 23.9 Å². The third-order valence-electron chi connectivity index (χ3n) is 6.49. The van der Waals surface area contributed by atoms with Gasteiger partial charge in [0.25, 0.3) is 0 Å². The zero-order chi connectivity index (χ0) is 26.9. The summed E-state index contributed by atoms with van der Waals surface area (Å²) in [5.41, 5.74) is 6.37. The molecule has 0 aliphatic rings. The Balaban J connectivity index is 1.24. The molecule has 4 heteroatoms. The summed E-state index contributed by atoms with van der Waals surface area (Å²) in [4.78, 5) is 4.78. The second kappa shape index (κ2) is 12.8. The van der Waals surface area contributed by atoms with E-state index in [9.17, 15) is 0 Å². The number of nitrogens with zero attached hydrogens (tertiary/aromatic N) is 1. The van der Waals surface area contributed by atoms with Crippen LogP contribution in [0.25, 0.3) is 28.7 Å². The van der Waals surface area contributed by atoms with Crippen LogP contribution in [0.3, 0.4) is 0 Å². The molecular formula is C35H33NO3. The predicted molar refractivity (Wildman–Crippen MR) is 158 cm³/mol. The maximum Gasteiger partial charge on any atom is 0.226 e. The minimum absolute atomic E-state index is 0.481. The molecule has 0 N–H and O–H groups in total. The van der Waals surface area contributed by atoms with E-state index in [1.807, 2.05) is 61.5 Å². The van der Waals surface area contributed by atoms with Crippen molar-refractivity contribution in [1.29, 1.82) is 0 Å². The summed E-state index contributed by atoms with van der Waals surface area (Å²) in [5, 5.41) is 0. The van der Waals surface area contributed by atoms with E-state index in [4.69, 9.17) is 18.9 Å². The Morgan fingerprint density at radius 3 is 2.21 bits per heavy atom. The fourth-order valence-electron chi connectivity index (χ4n) is 4.33. The molecule has 0 saturated heterocycles. The van der Waals surface area contributed by atoms with Crippen LogP contribution in [0.15, 0.2) is 114 Å². The Hall–Kier alpha value is -4.57. The first-order valence-electron chi connectivity index (χ1n) is 13.4. The molecule has 0 atom stereocenters. The monoisotopic (exact) mass is 515 g/mol. The molecule has 1 aromatic heterocycles. The van der Waals surface area contributed by atoms with E-state index in [-0.39, 0.29) is 0 Å². The summed E-state index contributed by atoms with van der Waals surface area (Å²) < 4.78 is 18.3. The van der Waals surface area contributed by atoms with Gasteiger partial charge in [-0.1, -0.05) is 91.9 Å². The number of hydrogen-bond acceptors (Lipinski definition) is 4. The second-order valence-corrected chi connectivity index (χ2v) is 9.35. The van der Waals surface area contributed by atoms with Gasteiger partial charge in [-0.05, 0) is 54.3 Å². The smallest absolute Gasteiger partial charge is 0.226 e. The van der Waals surface area contributed by atoms with Crippen molar-refractivity contribution < 1.29 is 13.9 Å². The lowest BCUT2D eigenvalue weighted by Crippen LogP contribution is -2.04. The Morgan fingerprint density at radius 1 is 0.769 bits per heavy atom. The lowest BCUT2D eigenvalue weighted by molar-refractivity contribution is 0.295. The van der Waals surface area contributed by atoms with Crippen molar-refractivity contribution in [3.05, 3.63) is 132 Å². The number of aryl methyl sites for hydroxylation is 1. The molecule has 39 heavy (non-hydrogen) atoms. The highest BCUT2D eigenvalue weighted by Crippen LogP contribution is 2.29. The first-order valence-corrected chi connectivity index (χ1v) is 13.4. The zero-order valence-corrected chi connectivity index (χ0v) is 22.5. The summed E-state index contributed by atoms with van der Waals surface area (Å²) in [6.07, 6.45) is 5.82. The maximum atomic E-state index is 6.25. The molecule has 0 aliphatic heterocycles. The molecule has 0 bridgehead atoms. The van der Waals surface area contributed by atoms with Crippen molar-refractivity contribution in [2.45, 2.75) is 33.3 Å². The van der Waals surface area contributed by atoms with Crippen molar-refractivity contribution in [2.75, 3.05) is 6.61 Å². The van der Waals surface area contributed by atoms with Crippen molar-refractivity contribution >= 4 is 6.08 Å². The number of ether oxygens (including phenoxy) is 2. The van der Waals surface area contributed by atoms with Crippen LogP contribution in [0.5, 0.6) is 11.5 Å². The van der Waals surface area contributed by atoms with Crippen molar-refractivity contribution in [3.8, 4) is 34.1 Å². The average Bonchev–Trinajstić information content (AvgIpc) is 3.36. The van der Waals surface area contributed by atoms with Gasteiger partial charge in [-0.2, -0.15) is 0 Å². The van der Waals surface area contributed by atoms with Crippen LogP contribution in [-0.2, 0) is 13.0 Å². The normalized spacial score (nSPS) is 11.1. The number of rotatable bonds is 11. The summed E-state index contributed by atoms with van der Waals surface area (Å²) in [7, 11) is 0. The summed E-state index contributed by atoms with van der Waals surface area (Å²) in [5.74, 6) is 3.02. The fraction of sp³-hybridized carbons (Fsp3) is 0.171. The van der Waals surface area contributed by atoms with E-state index in [1.165, 1.54) is 11.1 Å². The zero-order valence-electron chi connectivity index (χ0n) is 22.5. The van der Waals surface area contributed by atoms with E-state index in [1.54, 1.807) is 0 Å². The maximum absolute atomic E-state index is 6.25. The number of aromatic nitrogens is 1. The minimum Gasteiger partial charge on any atom is -0.492 e. The first-order chi connectivity index (χ1) is 19.2. The molecule has 1 heterocycles. The third kappa shape index (κ3) is 6.85. The van der Waals surface area contributed by atoms with Gasteiger partial charge in [-0.3, -0.25) is 0 Å². The van der Waals surface area contributed by atoms with Gasteiger partial charge < -0.3 is 13.9 Å². The molecule has 196 valence electrons. The number of hydrogen-bond donors (Lipinski definition) is 0. The number of allylic oxidation sites excluding steroid dienone is 1. The van der Waals surface area contributed by atoms with Gasteiger partial charge in [0.2, 0.25) is 5.89 Å². The quantitative estimate of drug-likeness (QED) is 0.176. The van der Waals surface area contributed by atoms with Crippen LogP contribution in [-0.4, -0.2) is 11.6 Å². The number of oxazole rings is 1. The second-order valence-electron chi connectivity index (χ2n) is 9.35. The van der Waals surface area contributed by atoms with E-state index < -0.39 is 0 Å². The first kappa shape index (κ1) is 26.1. The molecule has 0 aliphatic carbocycles. The highest BCUT2D eigenvalue weighted by atomic mass is 16.5. The molecule has 5 rings (SSSR count). The van der Waals surface area contributed by atoms with E-state index in [0.29, 0.717) is 25.5 Å². The Labute approximate surface area is 230 Å². The molecule has 4 nitrogen and oxygen atoms in total. The Bertz CT molecular complexity index is 1500. The summed E-state index contributed by atoms with van der Waals surface area (Å²) >= 11 is 0. The predicted octanol–water partition coefficient (Wildman–Crippen LogP) is 8.94. The lowest BCUT2D eigenvalue weighted by atomic mass is 10.0. The SMILES string of the molecule is CCC=Cc1ccc(OCc2ccccc2)cc1OCCc1nc(-c2ccc(-c3ccccc3)cc2)oc1C. The highest BCUT2D eigenvalue weighted by Gasteiger charge is 2.13. The minimum atomic E-state index is 0.481. The lowest BCUT2D eigenvalue weighted by Gasteiger charge is -2.12. The van der Waals surface area contributed by atoms with Crippen molar-refractivity contribution in [3.63, 3.8) is 0 Å². The van der Waals surface area contributed by atoms with Crippen molar-refractivity contribution in [1.82, 2.24) is 4.98 Å². The van der Waals surface area contributed by atoms with Crippen molar-refractivity contribution in [2.24, 2.45) is 0 Å². The molecule has 0 saturated carbocycles. The molecule has 0 spiro atoms. The van der Waals surface area contributed by atoms with E-state index >= 15 is 0 Å². The molecule has 5 aromatic rings. The summed E-state index contributed by atoms with van der Waals surface area (Å²) in [6.45, 7) is 5.07. The average molecular weight is 516 g/mol. The standard InChI is InChI=1S/C35H33NO3/c1-3-4-13-30-20-21-32(38-25-27-11-7-5-8-12-27)24-34(30)37-23-22-33-26(2)39-35(36-33)31-18-16-29(17-19-31)28-14-9-6-10-15-28/h4-21,24H,3,22-23,25H2,1-2H3. The van der Waals surface area contributed by atoms with Crippen LogP contribution in [0.4, 0.5) is 0 Å². The fourth-order valence-corrected chi connectivity index (χ4v) is 4.33. The largest absolute Gasteiger partial charge is 0.492 e. The third-order valence-corrected chi connectivity index (χ3v) is 6.49. The molecule has 0 amide bonds. The topological polar surface area (TPSA) is 44.5 Å². The van der Waals surface area contributed by atoms with Crippen LogP contribution in [0.1, 0.15) is 35.9 Å². The van der Waals surface area contributed by atoms with E-state index in [0.717, 1.165) is 46.1 Å². The molecule has 0 fully saturated rings. The van der Waals surface area contributed by atoms with Crippen LogP contribution >= 0.6 is 0 Å². The van der Waals surface area contributed by atoms with Gasteiger partial charge in [0.05, 0.1) is 12.3 Å².